The monoisotopic (exact) mass is 497 g/mol. The molecule has 0 fully saturated rings. The number of hydrazone groups is 1. The molecule has 5 nitrogen and oxygen atoms in total. The first-order valence-corrected chi connectivity index (χ1v) is 10.4. The second-order valence-corrected chi connectivity index (χ2v) is 8.35. The summed E-state index contributed by atoms with van der Waals surface area (Å²) in [5, 5.41) is 16.9. The molecule has 0 saturated carbocycles. The largest absolute Gasteiger partial charge is 0.497 e. The molecule has 1 aliphatic heterocycles. The number of halogens is 4. The third-order valence-corrected chi connectivity index (χ3v) is 6.02. The molecule has 1 unspecified atom stereocenters. The Labute approximate surface area is 182 Å². The second kappa shape index (κ2) is 7.68. The molecular weight excluding hydrogens is 483 g/mol. The molecule has 30 heavy (non-hydrogen) atoms. The van der Waals surface area contributed by atoms with Crippen molar-refractivity contribution in [3.63, 3.8) is 0 Å². The Morgan fingerprint density at radius 1 is 1.10 bits per heavy atom. The Balaban J connectivity index is 1.72. The lowest BCUT2D eigenvalue weighted by Gasteiger charge is -2.32. The van der Waals surface area contributed by atoms with E-state index in [4.69, 9.17) is 4.74 Å². The summed E-state index contributed by atoms with van der Waals surface area (Å²) in [7, 11) is 1.54. The Kier molecular flexibility index (Phi) is 5.33. The molecule has 1 aliphatic rings. The molecular formula is C20H15BrF3N3O2S. The number of thiazole rings is 1. The van der Waals surface area contributed by atoms with Crippen molar-refractivity contribution in [2.45, 2.75) is 18.3 Å². The van der Waals surface area contributed by atoms with Gasteiger partial charge in [0.05, 0.1) is 24.9 Å². The zero-order valence-electron chi connectivity index (χ0n) is 15.5. The van der Waals surface area contributed by atoms with Crippen LogP contribution in [0.15, 0.2) is 63.5 Å². The molecule has 2 aromatic carbocycles. The minimum atomic E-state index is -4.93. The van der Waals surface area contributed by atoms with Gasteiger partial charge in [0.2, 0.25) is 5.13 Å². The van der Waals surface area contributed by atoms with Crippen molar-refractivity contribution in [2.75, 3.05) is 12.1 Å². The van der Waals surface area contributed by atoms with Crippen LogP contribution >= 0.6 is 27.3 Å². The minimum Gasteiger partial charge on any atom is -0.497 e. The summed E-state index contributed by atoms with van der Waals surface area (Å²) in [5.41, 5.74) is -1.36. The fourth-order valence-electron chi connectivity index (χ4n) is 3.03. The maximum absolute atomic E-state index is 13.8. The van der Waals surface area contributed by atoms with Crippen molar-refractivity contribution in [3.8, 4) is 17.0 Å². The Morgan fingerprint density at radius 2 is 1.73 bits per heavy atom. The number of aromatic nitrogens is 1. The van der Waals surface area contributed by atoms with Gasteiger partial charge < -0.3 is 9.84 Å². The molecule has 156 valence electrons. The zero-order chi connectivity index (χ0) is 21.5. The molecule has 0 spiro atoms. The van der Waals surface area contributed by atoms with Crippen molar-refractivity contribution in [3.05, 3.63) is 63.9 Å². The maximum atomic E-state index is 13.8. The van der Waals surface area contributed by atoms with Crippen molar-refractivity contribution >= 4 is 38.1 Å². The average molecular weight is 498 g/mol. The van der Waals surface area contributed by atoms with E-state index in [1.54, 1.807) is 61.0 Å². The number of anilines is 1. The number of alkyl halides is 3. The standard InChI is InChI=1S/C20H15BrF3N3O2S/c1-29-15-8-4-13(5-9-15)17-11-30-18(25-17)27-19(28,20(22,23)24)10-16(26-27)12-2-6-14(21)7-3-12/h2-9,11,28H,10H2,1H3. The van der Waals surface area contributed by atoms with Crippen LogP contribution in [0.1, 0.15) is 12.0 Å². The number of aliphatic hydroxyl groups is 1. The van der Waals surface area contributed by atoms with Gasteiger partial charge in [-0.15, -0.1) is 11.3 Å². The van der Waals surface area contributed by atoms with Gasteiger partial charge in [-0.05, 0) is 42.0 Å². The summed E-state index contributed by atoms with van der Waals surface area (Å²) in [5.74, 6) is 0.656. The number of rotatable bonds is 4. The first kappa shape index (κ1) is 20.8. The fourth-order valence-corrected chi connectivity index (χ4v) is 4.14. The highest BCUT2D eigenvalue weighted by atomic mass is 79.9. The molecule has 2 heterocycles. The SMILES string of the molecule is COc1ccc(-c2csc(N3N=C(c4ccc(Br)cc4)CC3(O)C(F)(F)F)n2)cc1. The average Bonchev–Trinajstić information content (AvgIpc) is 3.33. The van der Waals surface area contributed by atoms with Gasteiger partial charge in [0.15, 0.2) is 0 Å². The topological polar surface area (TPSA) is 58.0 Å². The van der Waals surface area contributed by atoms with E-state index in [1.807, 2.05) is 0 Å². The number of benzene rings is 2. The Bertz CT molecular complexity index is 1080. The number of hydrogen-bond acceptors (Lipinski definition) is 6. The van der Waals surface area contributed by atoms with Crippen LogP contribution in [0.5, 0.6) is 5.75 Å². The predicted molar refractivity (Wildman–Crippen MR) is 113 cm³/mol. The highest BCUT2D eigenvalue weighted by molar-refractivity contribution is 9.10. The van der Waals surface area contributed by atoms with Crippen LogP contribution in [-0.2, 0) is 0 Å². The smallest absolute Gasteiger partial charge is 0.438 e. The van der Waals surface area contributed by atoms with Crippen LogP contribution in [0.4, 0.5) is 18.3 Å². The van der Waals surface area contributed by atoms with Crippen molar-refractivity contribution in [2.24, 2.45) is 5.10 Å². The number of methoxy groups -OCH3 is 1. The highest BCUT2D eigenvalue weighted by Gasteiger charge is 2.62. The molecule has 0 amide bonds. The third kappa shape index (κ3) is 3.70. The third-order valence-electron chi connectivity index (χ3n) is 4.68. The van der Waals surface area contributed by atoms with E-state index < -0.39 is 18.3 Å². The molecule has 10 heteroatoms. The first-order chi connectivity index (χ1) is 14.2. The zero-order valence-corrected chi connectivity index (χ0v) is 17.9. The van der Waals surface area contributed by atoms with Gasteiger partial charge in [0.25, 0.3) is 5.72 Å². The summed E-state index contributed by atoms with van der Waals surface area (Å²) < 4.78 is 47.4. The van der Waals surface area contributed by atoms with E-state index >= 15 is 0 Å². The van der Waals surface area contributed by atoms with Crippen molar-refractivity contribution in [1.29, 1.82) is 0 Å². The Morgan fingerprint density at radius 3 is 2.33 bits per heavy atom. The van der Waals surface area contributed by atoms with Crippen molar-refractivity contribution in [1.82, 2.24) is 4.98 Å². The molecule has 1 aromatic heterocycles. The molecule has 0 aliphatic carbocycles. The molecule has 4 rings (SSSR count). The summed E-state index contributed by atoms with van der Waals surface area (Å²) in [6.45, 7) is 0. The number of nitrogens with zero attached hydrogens (tertiary/aromatic N) is 3. The van der Waals surface area contributed by atoms with Crippen LogP contribution in [-0.4, -0.2) is 34.8 Å². The lowest BCUT2D eigenvalue weighted by atomic mass is 10.0. The van der Waals surface area contributed by atoms with Crippen LogP contribution < -0.4 is 9.75 Å². The molecule has 3 aromatic rings. The van der Waals surface area contributed by atoms with Crippen molar-refractivity contribution < 1.29 is 23.0 Å². The maximum Gasteiger partial charge on any atom is 0.438 e. The van der Waals surface area contributed by atoms with Gasteiger partial charge in [-0.3, -0.25) is 0 Å². The van der Waals surface area contributed by atoms with Gasteiger partial charge in [0, 0.05) is 15.4 Å². The van der Waals surface area contributed by atoms with Gasteiger partial charge in [-0.1, -0.05) is 28.1 Å². The molecule has 0 saturated heterocycles. The minimum absolute atomic E-state index is 0.0484. The van der Waals surface area contributed by atoms with Gasteiger partial charge in [-0.25, -0.2) is 4.98 Å². The molecule has 0 bridgehead atoms. The van der Waals surface area contributed by atoms with E-state index in [9.17, 15) is 18.3 Å². The van der Waals surface area contributed by atoms with E-state index in [2.05, 4.69) is 26.0 Å². The van der Waals surface area contributed by atoms with Gasteiger partial charge in [-0.2, -0.15) is 23.3 Å². The van der Waals surface area contributed by atoms with E-state index in [1.165, 1.54) is 0 Å². The lowest BCUT2D eigenvalue weighted by Crippen LogP contribution is -2.55. The number of ether oxygens (including phenoxy) is 1. The molecule has 1 atom stereocenters. The number of hydrogen-bond donors (Lipinski definition) is 1. The fraction of sp³-hybridized carbons (Fsp3) is 0.200. The first-order valence-electron chi connectivity index (χ1n) is 8.74. The predicted octanol–water partition coefficient (Wildman–Crippen LogP) is 5.45. The Hall–Kier alpha value is -2.43. The highest BCUT2D eigenvalue weighted by Crippen LogP contribution is 2.45. The second-order valence-electron chi connectivity index (χ2n) is 6.60. The van der Waals surface area contributed by atoms with E-state index in [0.29, 0.717) is 27.6 Å². The lowest BCUT2D eigenvalue weighted by molar-refractivity contribution is -0.254. The van der Waals surface area contributed by atoms with Crippen LogP contribution in [0.25, 0.3) is 11.3 Å². The molecule has 1 N–H and O–H groups in total. The quantitative estimate of drug-likeness (QED) is 0.520. The normalized spacial score (nSPS) is 19.1. The van der Waals surface area contributed by atoms with Gasteiger partial charge in [0.1, 0.15) is 5.75 Å². The van der Waals surface area contributed by atoms with Crippen LogP contribution in [0.2, 0.25) is 0 Å². The summed E-state index contributed by atoms with van der Waals surface area (Å²) >= 11 is 4.27. The summed E-state index contributed by atoms with van der Waals surface area (Å²) in [4.78, 5) is 4.30. The summed E-state index contributed by atoms with van der Waals surface area (Å²) in [6.07, 6.45) is -5.63. The van der Waals surface area contributed by atoms with E-state index in [-0.39, 0.29) is 10.8 Å². The van der Waals surface area contributed by atoms with Crippen LogP contribution in [0.3, 0.4) is 0 Å². The van der Waals surface area contributed by atoms with Crippen LogP contribution in [0, 0.1) is 0 Å². The summed E-state index contributed by atoms with van der Waals surface area (Å²) in [6, 6.07) is 13.7. The molecule has 0 radical (unpaired) electrons. The van der Waals surface area contributed by atoms with E-state index in [0.717, 1.165) is 15.8 Å². The van der Waals surface area contributed by atoms with Gasteiger partial charge >= 0.3 is 6.18 Å².